The van der Waals surface area contributed by atoms with Crippen molar-refractivity contribution in [3.05, 3.63) is 28.8 Å². The molecule has 24 heavy (non-hydrogen) atoms. The molecule has 1 N–H and O–H groups in total. The predicted octanol–water partition coefficient (Wildman–Crippen LogP) is 4.03. The van der Waals surface area contributed by atoms with E-state index < -0.39 is 11.7 Å². The number of carbonyl (C=O) groups is 2. The molecule has 0 spiro atoms. The van der Waals surface area contributed by atoms with Crippen molar-refractivity contribution in [2.45, 2.75) is 58.7 Å². The van der Waals surface area contributed by atoms with Crippen molar-refractivity contribution in [2.24, 2.45) is 0 Å². The van der Waals surface area contributed by atoms with E-state index in [0.717, 1.165) is 5.69 Å². The first-order valence-electron chi connectivity index (χ1n) is 8.15. The Morgan fingerprint density at radius 2 is 2.04 bits per heavy atom. The summed E-state index contributed by atoms with van der Waals surface area (Å²) in [4.78, 5) is 26.8. The lowest BCUT2D eigenvalue weighted by molar-refractivity contribution is 0.0503. The highest BCUT2D eigenvalue weighted by atomic mass is 35.5. The van der Waals surface area contributed by atoms with E-state index in [-0.39, 0.29) is 24.3 Å². The molecule has 1 heterocycles. The van der Waals surface area contributed by atoms with Gasteiger partial charge in [-0.15, -0.1) is 0 Å². The third kappa shape index (κ3) is 4.63. The number of ether oxygens (including phenoxy) is 1. The van der Waals surface area contributed by atoms with Crippen molar-refractivity contribution in [3.8, 4) is 0 Å². The van der Waals surface area contributed by atoms with Gasteiger partial charge in [0.15, 0.2) is 5.78 Å². The number of amides is 1. The predicted molar refractivity (Wildman–Crippen MR) is 96.0 cm³/mol. The lowest BCUT2D eigenvalue weighted by Crippen LogP contribution is -2.47. The molecule has 2 rings (SSSR count). The van der Waals surface area contributed by atoms with Gasteiger partial charge in [-0.05, 0) is 52.8 Å². The smallest absolute Gasteiger partial charge is 0.407 e. The number of anilines is 1. The summed E-state index contributed by atoms with van der Waals surface area (Å²) >= 11 is 6.06. The molecule has 6 heteroatoms. The van der Waals surface area contributed by atoms with Gasteiger partial charge in [-0.2, -0.15) is 0 Å². The first-order valence-corrected chi connectivity index (χ1v) is 8.53. The zero-order valence-corrected chi connectivity index (χ0v) is 15.6. The summed E-state index contributed by atoms with van der Waals surface area (Å²) in [6.07, 6.45) is -0.288. The van der Waals surface area contributed by atoms with E-state index in [1.807, 2.05) is 26.8 Å². The molecule has 0 radical (unpaired) electrons. The lowest BCUT2D eigenvalue weighted by Gasteiger charge is -2.31. The second kappa shape index (κ2) is 7.01. The second-order valence-corrected chi connectivity index (χ2v) is 7.81. The average Bonchev–Trinajstić information content (AvgIpc) is 2.54. The maximum absolute atomic E-state index is 12.6. The van der Waals surface area contributed by atoms with Crippen LogP contribution >= 0.6 is 11.6 Å². The summed E-state index contributed by atoms with van der Waals surface area (Å²) < 4.78 is 5.31. The largest absolute Gasteiger partial charge is 0.444 e. The molecule has 0 bridgehead atoms. The van der Waals surface area contributed by atoms with E-state index in [2.05, 4.69) is 24.1 Å². The second-order valence-electron chi connectivity index (χ2n) is 7.38. The first kappa shape index (κ1) is 18.6. The third-order valence-electron chi connectivity index (χ3n) is 3.76. The van der Waals surface area contributed by atoms with Gasteiger partial charge in [-0.3, -0.25) is 4.79 Å². The lowest BCUT2D eigenvalue weighted by atomic mass is 10.0. The fourth-order valence-electron chi connectivity index (χ4n) is 2.78. The number of nitrogens with zero attached hydrogens (tertiary/aromatic N) is 1. The fourth-order valence-corrected chi connectivity index (χ4v) is 2.95. The summed E-state index contributed by atoms with van der Waals surface area (Å²) in [6, 6.07) is 5.21. The number of Topliss-reactive ketones (excluding diaryl/α,β-unsaturated/α-hetero) is 1. The molecular weight excluding hydrogens is 328 g/mol. The van der Waals surface area contributed by atoms with Crippen molar-refractivity contribution in [3.63, 3.8) is 0 Å². The van der Waals surface area contributed by atoms with Crippen LogP contribution in [0.3, 0.4) is 0 Å². The molecule has 0 saturated heterocycles. The van der Waals surface area contributed by atoms with Gasteiger partial charge in [0.05, 0.1) is 6.04 Å². The molecule has 5 nitrogen and oxygen atoms in total. The molecule has 1 aromatic rings. The third-order valence-corrected chi connectivity index (χ3v) is 4.00. The van der Waals surface area contributed by atoms with Crippen LogP contribution in [0.5, 0.6) is 0 Å². The summed E-state index contributed by atoms with van der Waals surface area (Å²) in [5.41, 5.74) is 0.880. The normalized spacial score (nSPS) is 18.2. The minimum absolute atomic E-state index is 0.0308. The van der Waals surface area contributed by atoms with Gasteiger partial charge in [0.1, 0.15) is 5.60 Å². The van der Waals surface area contributed by atoms with Gasteiger partial charge in [0.2, 0.25) is 0 Å². The Hall–Kier alpha value is -1.75. The number of nitrogens with one attached hydrogen (secondary N) is 1. The van der Waals surface area contributed by atoms with Crippen molar-refractivity contribution >= 4 is 29.2 Å². The van der Waals surface area contributed by atoms with E-state index in [1.165, 1.54) is 0 Å². The van der Waals surface area contributed by atoms with Crippen LogP contribution in [0.2, 0.25) is 5.02 Å². The van der Waals surface area contributed by atoms with Crippen LogP contribution in [0.25, 0.3) is 0 Å². The molecule has 0 fully saturated rings. The van der Waals surface area contributed by atoms with Crippen molar-refractivity contribution in [1.82, 2.24) is 5.32 Å². The number of carbonyl (C=O) groups excluding carboxylic acids is 2. The standard InChI is InChI=1S/C18H25ClN2O3/c1-11(2)21-10-13(20-17(23)24-18(3,4)5)9-16(22)14-8-12(19)6-7-15(14)21/h6-8,11,13H,9-10H2,1-5H3,(H,20,23). The van der Waals surface area contributed by atoms with Gasteiger partial charge in [-0.25, -0.2) is 4.79 Å². The monoisotopic (exact) mass is 352 g/mol. The van der Waals surface area contributed by atoms with Crippen LogP contribution in [0, 0.1) is 0 Å². The minimum Gasteiger partial charge on any atom is -0.444 e. The Labute approximate surface area is 148 Å². The zero-order chi connectivity index (χ0) is 18.1. The van der Waals surface area contributed by atoms with Crippen LogP contribution in [-0.4, -0.2) is 36.1 Å². The van der Waals surface area contributed by atoms with Gasteiger partial charge >= 0.3 is 6.09 Å². The summed E-state index contributed by atoms with van der Waals surface area (Å²) in [7, 11) is 0. The van der Waals surface area contributed by atoms with Crippen LogP contribution in [0.15, 0.2) is 18.2 Å². The quantitative estimate of drug-likeness (QED) is 0.872. The highest BCUT2D eigenvalue weighted by molar-refractivity contribution is 6.31. The van der Waals surface area contributed by atoms with E-state index in [9.17, 15) is 9.59 Å². The Morgan fingerprint density at radius 3 is 2.62 bits per heavy atom. The molecule has 1 atom stereocenters. The van der Waals surface area contributed by atoms with E-state index >= 15 is 0 Å². The summed E-state index contributed by atoms with van der Waals surface area (Å²) in [5.74, 6) is -0.0308. The van der Waals surface area contributed by atoms with Crippen LogP contribution in [0.1, 0.15) is 51.4 Å². The number of rotatable bonds is 2. The van der Waals surface area contributed by atoms with Crippen molar-refractivity contribution in [1.29, 1.82) is 0 Å². The maximum atomic E-state index is 12.6. The number of ketones is 1. The topological polar surface area (TPSA) is 58.6 Å². The SMILES string of the molecule is CC(C)N1CC(NC(=O)OC(C)(C)C)CC(=O)c2cc(Cl)ccc21. The number of alkyl carbamates (subject to hydrolysis) is 1. The highest BCUT2D eigenvalue weighted by Gasteiger charge is 2.30. The minimum atomic E-state index is -0.576. The van der Waals surface area contributed by atoms with E-state index in [0.29, 0.717) is 17.1 Å². The average molecular weight is 353 g/mol. The molecular formula is C18H25ClN2O3. The Kier molecular flexibility index (Phi) is 5.43. The van der Waals surface area contributed by atoms with E-state index in [4.69, 9.17) is 16.3 Å². The number of hydrogen-bond donors (Lipinski definition) is 1. The molecule has 1 unspecified atom stereocenters. The van der Waals surface area contributed by atoms with Crippen molar-refractivity contribution in [2.75, 3.05) is 11.4 Å². The molecule has 1 amide bonds. The Bertz CT molecular complexity index is 638. The summed E-state index contributed by atoms with van der Waals surface area (Å²) in [6.45, 7) is 10.1. The Morgan fingerprint density at radius 1 is 1.38 bits per heavy atom. The molecule has 0 saturated carbocycles. The van der Waals surface area contributed by atoms with Crippen LogP contribution < -0.4 is 10.2 Å². The molecule has 0 aliphatic carbocycles. The number of halogens is 1. The Balaban J connectivity index is 2.25. The van der Waals surface area contributed by atoms with E-state index in [1.54, 1.807) is 12.1 Å². The van der Waals surface area contributed by atoms with Gasteiger partial charge in [0, 0.05) is 35.3 Å². The fraction of sp³-hybridized carbons (Fsp3) is 0.556. The van der Waals surface area contributed by atoms with Gasteiger partial charge in [-0.1, -0.05) is 11.6 Å². The highest BCUT2D eigenvalue weighted by Crippen LogP contribution is 2.30. The molecule has 1 aromatic carbocycles. The molecule has 1 aliphatic rings. The molecule has 132 valence electrons. The molecule has 0 aromatic heterocycles. The van der Waals surface area contributed by atoms with Crippen LogP contribution in [0.4, 0.5) is 10.5 Å². The number of hydrogen-bond acceptors (Lipinski definition) is 4. The summed E-state index contributed by atoms with van der Waals surface area (Å²) in [5, 5.41) is 3.36. The maximum Gasteiger partial charge on any atom is 0.407 e. The van der Waals surface area contributed by atoms with Gasteiger partial charge in [0.25, 0.3) is 0 Å². The number of benzene rings is 1. The number of fused-ring (bicyclic) bond motifs is 1. The zero-order valence-electron chi connectivity index (χ0n) is 14.9. The van der Waals surface area contributed by atoms with Crippen molar-refractivity contribution < 1.29 is 14.3 Å². The molecule has 1 aliphatic heterocycles. The van der Waals surface area contributed by atoms with Gasteiger partial charge < -0.3 is 15.0 Å². The first-order chi connectivity index (χ1) is 11.1. The van der Waals surface area contributed by atoms with Crippen LogP contribution in [-0.2, 0) is 4.74 Å².